The molecule has 0 aliphatic rings. The first-order valence-electron chi connectivity index (χ1n) is 12.0. The number of hydrogen-bond acceptors (Lipinski definition) is 2. The molecule has 1 N–H and O–H groups in total. The van der Waals surface area contributed by atoms with E-state index < -0.39 is 0 Å². The lowest BCUT2D eigenvalue weighted by Gasteiger charge is -2.10. The van der Waals surface area contributed by atoms with Gasteiger partial charge in [-0.3, -0.25) is 4.79 Å². The van der Waals surface area contributed by atoms with Crippen molar-refractivity contribution in [2.24, 2.45) is 5.92 Å². The number of hydrogen-bond donors (Lipinski definition) is 1. The molecule has 0 saturated carbocycles. The van der Waals surface area contributed by atoms with Crippen LogP contribution in [0.25, 0.3) is 17.0 Å². The SMILES string of the molecule is CCCCCCCCNC(=O)/C(C#N)=C/c1c(C)n(CCCC(C)C)c2ccccc12. The van der Waals surface area contributed by atoms with Crippen molar-refractivity contribution in [3.8, 4) is 6.07 Å². The van der Waals surface area contributed by atoms with Crippen LogP contribution < -0.4 is 5.32 Å². The molecule has 1 aromatic carbocycles. The molecule has 0 unspecified atom stereocenters. The molecule has 168 valence electrons. The molecule has 1 aromatic heterocycles. The van der Waals surface area contributed by atoms with E-state index in [1.54, 1.807) is 6.08 Å². The highest BCUT2D eigenvalue weighted by Crippen LogP contribution is 2.28. The normalized spacial score (nSPS) is 11.8. The van der Waals surface area contributed by atoms with Gasteiger partial charge in [0.05, 0.1) is 0 Å². The minimum atomic E-state index is -0.271. The van der Waals surface area contributed by atoms with Crippen molar-refractivity contribution < 1.29 is 4.79 Å². The molecule has 2 aromatic rings. The van der Waals surface area contributed by atoms with Gasteiger partial charge in [-0.1, -0.05) is 71.1 Å². The summed E-state index contributed by atoms with van der Waals surface area (Å²) in [5.74, 6) is 0.411. The number of carbonyl (C=O) groups excluding carboxylic acids is 1. The summed E-state index contributed by atoms with van der Waals surface area (Å²) in [5, 5.41) is 13.7. The summed E-state index contributed by atoms with van der Waals surface area (Å²) in [6.07, 6.45) is 11.1. The number of benzene rings is 1. The average molecular weight is 422 g/mol. The van der Waals surface area contributed by atoms with Gasteiger partial charge in [-0.05, 0) is 44.2 Å². The van der Waals surface area contributed by atoms with Crippen LogP contribution in [0, 0.1) is 24.2 Å². The number of nitrogens with zero attached hydrogens (tertiary/aromatic N) is 2. The van der Waals surface area contributed by atoms with E-state index >= 15 is 0 Å². The van der Waals surface area contributed by atoms with Gasteiger partial charge in [0.1, 0.15) is 11.6 Å². The van der Waals surface area contributed by atoms with Gasteiger partial charge in [0, 0.05) is 35.2 Å². The van der Waals surface area contributed by atoms with Crippen LogP contribution in [0.4, 0.5) is 0 Å². The molecule has 0 atom stereocenters. The topological polar surface area (TPSA) is 57.8 Å². The third-order valence-corrected chi connectivity index (χ3v) is 5.91. The van der Waals surface area contributed by atoms with Crippen LogP contribution >= 0.6 is 0 Å². The molecule has 1 heterocycles. The summed E-state index contributed by atoms with van der Waals surface area (Å²) in [7, 11) is 0. The van der Waals surface area contributed by atoms with Gasteiger partial charge in [0.15, 0.2) is 0 Å². The number of unbranched alkanes of at least 4 members (excludes halogenated alkanes) is 5. The molecule has 31 heavy (non-hydrogen) atoms. The molecule has 0 aliphatic heterocycles. The Hall–Kier alpha value is -2.54. The maximum atomic E-state index is 12.6. The second-order valence-corrected chi connectivity index (χ2v) is 8.90. The fraction of sp³-hybridized carbons (Fsp3) is 0.556. The van der Waals surface area contributed by atoms with E-state index in [0.29, 0.717) is 12.5 Å². The van der Waals surface area contributed by atoms with Crippen LogP contribution in [0.5, 0.6) is 0 Å². The zero-order valence-electron chi connectivity index (χ0n) is 19.8. The van der Waals surface area contributed by atoms with E-state index in [-0.39, 0.29) is 11.5 Å². The summed E-state index contributed by atoms with van der Waals surface area (Å²) < 4.78 is 2.33. The van der Waals surface area contributed by atoms with Crippen LogP contribution in [0.2, 0.25) is 0 Å². The van der Waals surface area contributed by atoms with Crippen molar-refractivity contribution in [3.05, 3.63) is 41.1 Å². The van der Waals surface area contributed by atoms with E-state index in [9.17, 15) is 10.1 Å². The van der Waals surface area contributed by atoms with Gasteiger partial charge < -0.3 is 9.88 Å². The first-order chi connectivity index (χ1) is 15.0. The van der Waals surface area contributed by atoms with E-state index in [0.717, 1.165) is 42.5 Å². The number of nitrogens with one attached hydrogen (secondary N) is 1. The molecule has 4 heteroatoms. The Kier molecular flexibility index (Phi) is 10.4. The number of fused-ring (bicyclic) bond motifs is 1. The van der Waals surface area contributed by atoms with Crippen LogP contribution in [0.1, 0.15) is 83.4 Å². The van der Waals surface area contributed by atoms with Crippen molar-refractivity contribution in [1.82, 2.24) is 9.88 Å². The zero-order chi connectivity index (χ0) is 22.6. The Labute approximate surface area is 188 Å². The Bertz CT molecular complexity index is 914. The molecule has 4 nitrogen and oxygen atoms in total. The van der Waals surface area contributed by atoms with Gasteiger partial charge in [0.2, 0.25) is 0 Å². The molecule has 0 bridgehead atoms. The number of nitriles is 1. The predicted molar refractivity (Wildman–Crippen MR) is 131 cm³/mol. The maximum absolute atomic E-state index is 12.6. The van der Waals surface area contributed by atoms with Gasteiger partial charge in [-0.15, -0.1) is 0 Å². The van der Waals surface area contributed by atoms with Crippen LogP contribution in [-0.4, -0.2) is 17.0 Å². The molecule has 1 amide bonds. The van der Waals surface area contributed by atoms with Gasteiger partial charge in [0.25, 0.3) is 5.91 Å². The first-order valence-corrected chi connectivity index (χ1v) is 12.0. The quantitative estimate of drug-likeness (QED) is 0.220. The fourth-order valence-corrected chi connectivity index (χ4v) is 4.08. The number of carbonyl (C=O) groups is 1. The van der Waals surface area contributed by atoms with Crippen molar-refractivity contribution in [2.75, 3.05) is 6.54 Å². The summed E-state index contributed by atoms with van der Waals surface area (Å²) in [4.78, 5) is 12.6. The highest BCUT2D eigenvalue weighted by molar-refractivity contribution is 6.04. The predicted octanol–water partition coefficient (Wildman–Crippen LogP) is 6.77. The minimum Gasteiger partial charge on any atom is -0.351 e. The Morgan fingerprint density at radius 2 is 1.84 bits per heavy atom. The molecule has 2 rings (SSSR count). The number of amides is 1. The number of para-hydroxylation sites is 1. The van der Waals surface area contributed by atoms with Gasteiger partial charge in [-0.2, -0.15) is 5.26 Å². The standard InChI is InChI=1S/C27H39N3O/c1-5-6-7-8-9-12-17-29-27(31)23(20-28)19-25-22(4)30(18-13-14-21(2)3)26-16-11-10-15-24(25)26/h10-11,15-16,19,21H,5-9,12-14,17-18H2,1-4H3,(H,29,31)/b23-19+. The Morgan fingerprint density at radius 1 is 1.13 bits per heavy atom. The number of aryl methyl sites for hydroxylation is 1. The van der Waals surface area contributed by atoms with E-state index in [1.165, 1.54) is 37.6 Å². The minimum absolute atomic E-state index is 0.180. The lowest BCUT2D eigenvalue weighted by molar-refractivity contribution is -0.117. The third kappa shape index (κ3) is 7.28. The van der Waals surface area contributed by atoms with Crippen LogP contribution in [0.15, 0.2) is 29.8 Å². The number of aromatic nitrogens is 1. The highest BCUT2D eigenvalue weighted by Gasteiger charge is 2.15. The van der Waals surface area contributed by atoms with Crippen LogP contribution in [0.3, 0.4) is 0 Å². The van der Waals surface area contributed by atoms with E-state index in [4.69, 9.17) is 0 Å². The summed E-state index contributed by atoms with van der Waals surface area (Å²) in [5.41, 5.74) is 3.44. The van der Waals surface area contributed by atoms with E-state index in [2.05, 4.69) is 55.8 Å². The molecular formula is C27H39N3O. The smallest absolute Gasteiger partial charge is 0.261 e. The Morgan fingerprint density at radius 3 is 2.55 bits per heavy atom. The average Bonchev–Trinajstić information content (AvgIpc) is 3.02. The molecule has 0 spiro atoms. The molecule has 0 fully saturated rings. The summed E-state index contributed by atoms with van der Waals surface area (Å²) >= 11 is 0. The first kappa shape index (κ1) is 24.7. The van der Waals surface area contributed by atoms with Gasteiger partial charge >= 0.3 is 0 Å². The monoisotopic (exact) mass is 421 g/mol. The van der Waals surface area contributed by atoms with Crippen molar-refractivity contribution in [1.29, 1.82) is 5.26 Å². The molecule has 0 radical (unpaired) electrons. The molecule has 0 aliphatic carbocycles. The molecule has 0 saturated heterocycles. The maximum Gasteiger partial charge on any atom is 0.261 e. The number of rotatable bonds is 13. The van der Waals surface area contributed by atoms with Crippen molar-refractivity contribution >= 4 is 22.9 Å². The Balaban J connectivity index is 2.12. The largest absolute Gasteiger partial charge is 0.351 e. The second kappa shape index (κ2) is 13.0. The second-order valence-electron chi connectivity index (χ2n) is 8.90. The summed E-state index contributed by atoms with van der Waals surface area (Å²) in [6.45, 7) is 10.4. The van der Waals surface area contributed by atoms with E-state index in [1.807, 2.05) is 12.1 Å². The van der Waals surface area contributed by atoms with Crippen molar-refractivity contribution in [2.45, 2.75) is 85.6 Å². The lowest BCUT2D eigenvalue weighted by atomic mass is 10.1. The van der Waals surface area contributed by atoms with Crippen LogP contribution in [-0.2, 0) is 11.3 Å². The lowest BCUT2D eigenvalue weighted by Crippen LogP contribution is -2.25. The van der Waals surface area contributed by atoms with Gasteiger partial charge in [-0.25, -0.2) is 0 Å². The summed E-state index contributed by atoms with van der Waals surface area (Å²) in [6, 6.07) is 10.4. The fourth-order valence-electron chi connectivity index (χ4n) is 4.08. The third-order valence-electron chi connectivity index (χ3n) is 5.91. The zero-order valence-corrected chi connectivity index (χ0v) is 19.8. The molecular weight excluding hydrogens is 382 g/mol. The van der Waals surface area contributed by atoms with Crippen molar-refractivity contribution in [3.63, 3.8) is 0 Å². The highest BCUT2D eigenvalue weighted by atomic mass is 16.1.